The predicted molar refractivity (Wildman–Crippen MR) is 102 cm³/mol. The van der Waals surface area contributed by atoms with Gasteiger partial charge >= 0.3 is 5.97 Å². The Kier molecular flexibility index (Phi) is 7.78. The van der Waals surface area contributed by atoms with E-state index in [1.165, 1.54) is 6.08 Å². The van der Waals surface area contributed by atoms with Gasteiger partial charge in [-0.3, -0.25) is 14.4 Å². The van der Waals surface area contributed by atoms with Gasteiger partial charge in [0.2, 0.25) is 11.8 Å². The number of benzene rings is 2. The average Bonchev–Trinajstić information content (AvgIpc) is 2.70. The number of hydrogen-bond donors (Lipinski definition) is 2. The molecule has 1 atom stereocenters. The summed E-state index contributed by atoms with van der Waals surface area (Å²) < 4.78 is 5.07. The predicted octanol–water partition coefficient (Wildman–Crippen LogP) is 2.06. The molecule has 140 valence electrons. The Hall–Kier alpha value is -3.41. The van der Waals surface area contributed by atoms with Gasteiger partial charge in [-0.1, -0.05) is 60.7 Å². The van der Waals surface area contributed by atoms with E-state index in [0.29, 0.717) is 0 Å². The van der Waals surface area contributed by atoms with Gasteiger partial charge in [-0.2, -0.15) is 0 Å². The van der Waals surface area contributed by atoms with Crippen molar-refractivity contribution in [1.29, 1.82) is 0 Å². The molecular formula is C21H22N2O4. The highest BCUT2D eigenvalue weighted by atomic mass is 16.5. The Morgan fingerprint density at radius 2 is 1.63 bits per heavy atom. The summed E-state index contributed by atoms with van der Waals surface area (Å²) in [6.07, 6.45) is 3.01. The molecule has 2 amide bonds. The van der Waals surface area contributed by atoms with Crippen LogP contribution in [0, 0.1) is 0 Å². The summed E-state index contributed by atoms with van der Waals surface area (Å²) in [6.45, 7) is 1.43. The van der Waals surface area contributed by atoms with E-state index in [1.54, 1.807) is 13.0 Å². The maximum absolute atomic E-state index is 12.0. The van der Waals surface area contributed by atoms with Crippen LogP contribution >= 0.6 is 0 Å². The lowest BCUT2D eigenvalue weighted by molar-refractivity contribution is -0.145. The zero-order valence-electron chi connectivity index (χ0n) is 15.1. The third-order valence-corrected chi connectivity index (χ3v) is 3.63. The van der Waals surface area contributed by atoms with Crippen molar-refractivity contribution in [3.8, 4) is 0 Å². The molecule has 0 aliphatic heterocycles. The lowest BCUT2D eigenvalue weighted by Crippen LogP contribution is -2.45. The Balaban J connectivity index is 1.69. The largest absolute Gasteiger partial charge is 0.460 e. The second-order valence-electron chi connectivity index (χ2n) is 5.84. The van der Waals surface area contributed by atoms with Crippen LogP contribution in [0.15, 0.2) is 66.7 Å². The van der Waals surface area contributed by atoms with Crippen LogP contribution in [0.5, 0.6) is 0 Å². The number of hydrogen-bond acceptors (Lipinski definition) is 4. The fourth-order valence-corrected chi connectivity index (χ4v) is 2.16. The molecule has 0 spiro atoms. The molecule has 0 saturated carbocycles. The van der Waals surface area contributed by atoms with Gasteiger partial charge in [0.1, 0.15) is 19.2 Å². The molecule has 2 aromatic carbocycles. The monoisotopic (exact) mass is 366 g/mol. The van der Waals surface area contributed by atoms with Crippen molar-refractivity contribution < 1.29 is 19.1 Å². The van der Waals surface area contributed by atoms with Gasteiger partial charge in [0.25, 0.3) is 0 Å². The number of carbonyl (C=O) groups is 3. The van der Waals surface area contributed by atoms with E-state index in [-0.39, 0.29) is 13.2 Å². The normalized spacial score (nSPS) is 11.6. The molecule has 2 rings (SSSR count). The molecule has 0 bridgehead atoms. The molecule has 0 unspecified atom stereocenters. The van der Waals surface area contributed by atoms with E-state index < -0.39 is 23.8 Å². The minimum absolute atomic E-state index is 0.145. The van der Waals surface area contributed by atoms with Crippen molar-refractivity contribution in [3.05, 3.63) is 77.9 Å². The van der Waals surface area contributed by atoms with Gasteiger partial charge in [-0.25, -0.2) is 0 Å². The standard InChI is InChI=1S/C21H22N2O4/c1-16(23-19(24)13-12-17-8-4-2-5-9-17)21(26)22-14-20(25)27-15-18-10-6-3-7-11-18/h2-13,16H,14-15H2,1H3,(H,22,26)(H,23,24)/b13-12-/t16-/m0/s1. The molecule has 0 aromatic heterocycles. The molecule has 2 N–H and O–H groups in total. The van der Waals surface area contributed by atoms with Gasteiger partial charge in [-0.15, -0.1) is 0 Å². The zero-order chi connectivity index (χ0) is 19.5. The summed E-state index contributed by atoms with van der Waals surface area (Å²) >= 11 is 0. The minimum atomic E-state index is -0.778. The Morgan fingerprint density at radius 3 is 2.30 bits per heavy atom. The molecule has 0 aliphatic rings. The Morgan fingerprint density at radius 1 is 1.00 bits per heavy atom. The molecular weight excluding hydrogens is 344 g/mol. The summed E-state index contributed by atoms with van der Waals surface area (Å²) in [4.78, 5) is 35.5. The highest BCUT2D eigenvalue weighted by Crippen LogP contribution is 2.01. The Labute approximate surface area is 158 Å². The maximum Gasteiger partial charge on any atom is 0.325 e. The van der Waals surface area contributed by atoms with Gasteiger partial charge < -0.3 is 15.4 Å². The zero-order valence-corrected chi connectivity index (χ0v) is 15.1. The second-order valence-corrected chi connectivity index (χ2v) is 5.84. The van der Waals surface area contributed by atoms with E-state index in [4.69, 9.17) is 4.74 Å². The Bertz CT molecular complexity index is 788. The first-order valence-electron chi connectivity index (χ1n) is 8.55. The first-order chi connectivity index (χ1) is 13.0. The lowest BCUT2D eigenvalue weighted by atomic mass is 10.2. The van der Waals surface area contributed by atoms with Crippen molar-refractivity contribution in [1.82, 2.24) is 10.6 Å². The molecule has 6 nitrogen and oxygen atoms in total. The summed E-state index contributed by atoms with van der Waals surface area (Å²) in [5, 5.41) is 4.99. The summed E-state index contributed by atoms with van der Waals surface area (Å²) in [5.41, 5.74) is 1.74. The van der Waals surface area contributed by atoms with Crippen LogP contribution in [0.3, 0.4) is 0 Å². The molecule has 0 radical (unpaired) electrons. The lowest BCUT2D eigenvalue weighted by Gasteiger charge is -2.12. The topological polar surface area (TPSA) is 84.5 Å². The molecule has 27 heavy (non-hydrogen) atoms. The first kappa shape index (κ1) is 19.9. The number of esters is 1. The summed E-state index contributed by atoms with van der Waals surface area (Å²) in [5.74, 6) is -1.41. The van der Waals surface area contributed by atoms with Crippen molar-refractivity contribution in [2.75, 3.05) is 6.54 Å². The van der Waals surface area contributed by atoms with Crippen molar-refractivity contribution in [3.63, 3.8) is 0 Å². The highest BCUT2D eigenvalue weighted by molar-refractivity contribution is 5.95. The average molecular weight is 366 g/mol. The minimum Gasteiger partial charge on any atom is -0.460 e. The molecule has 0 aliphatic carbocycles. The highest BCUT2D eigenvalue weighted by Gasteiger charge is 2.15. The van der Waals surface area contributed by atoms with Crippen LogP contribution in [0.4, 0.5) is 0 Å². The van der Waals surface area contributed by atoms with Crippen LogP contribution in [-0.4, -0.2) is 30.4 Å². The molecule has 2 aromatic rings. The number of rotatable bonds is 8. The van der Waals surface area contributed by atoms with Crippen LogP contribution in [0.1, 0.15) is 18.1 Å². The SMILES string of the molecule is C[C@H](NC(=O)/C=C\c1ccccc1)C(=O)NCC(=O)OCc1ccccc1. The fourth-order valence-electron chi connectivity index (χ4n) is 2.16. The quantitative estimate of drug-likeness (QED) is 0.553. The number of ether oxygens (including phenoxy) is 1. The van der Waals surface area contributed by atoms with E-state index in [2.05, 4.69) is 10.6 Å². The maximum atomic E-state index is 12.0. The number of carbonyl (C=O) groups excluding carboxylic acids is 3. The van der Waals surface area contributed by atoms with E-state index in [1.807, 2.05) is 60.7 Å². The van der Waals surface area contributed by atoms with Crippen LogP contribution in [-0.2, 0) is 25.7 Å². The fraction of sp³-hybridized carbons (Fsp3) is 0.190. The molecule has 0 heterocycles. The van der Waals surface area contributed by atoms with Gasteiger partial charge in [0.05, 0.1) is 0 Å². The summed E-state index contributed by atoms with van der Waals surface area (Å²) in [7, 11) is 0. The van der Waals surface area contributed by atoms with Crippen LogP contribution in [0.25, 0.3) is 6.08 Å². The van der Waals surface area contributed by atoms with E-state index >= 15 is 0 Å². The van der Waals surface area contributed by atoms with Crippen molar-refractivity contribution in [2.24, 2.45) is 0 Å². The number of nitrogens with one attached hydrogen (secondary N) is 2. The number of amides is 2. The van der Waals surface area contributed by atoms with Gasteiger partial charge in [-0.05, 0) is 24.1 Å². The summed E-state index contributed by atoms with van der Waals surface area (Å²) in [6, 6.07) is 17.8. The first-order valence-corrected chi connectivity index (χ1v) is 8.55. The molecule has 6 heteroatoms. The second kappa shape index (κ2) is 10.6. The molecule has 0 saturated heterocycles. The van der Waals surface area contributed by atoms with Crippen LogP contribution < -0.4 is 10.6 Å². The van der Waals surface area contributed by atoms with Crippen molar-refractivity contribution in [2.45, 2.75) is 19.6 Å². The van der Waals surface area contributed by atoms with E-state index in [9.17, 15) is 14.4 Å². The molecule has 0 fully saturated rings. The van der Waals surface area contributed by atoms with Crippen LogP contribution in [0.2, 0.25) is 0 Å². The van der Waals surface area contributed by atoms with Crippen molar-refractivity contribution >= 4 is 23.9 Å². The van der Waals surface area contributed by atoms with E-state index in [0.717, 1.165) is 11.1 Å². The smallest absolute Gasteiger partial charge is 0.325 e. The van der Waals surface area contributed by atoms with Gasteiger partial charge in [0, 0.05) is 6.08 Å². The third kappa shape index (κ3) is 7.56. The third-order valence-electron chi connectivity index (χ3n) is 3.63. The van der Waals surface area contributed by atoms with Gasteiger partial charge in [0.15, 0.2) is 0 Å².